The van der Waals surface area contributed by atoms with Crippen LogP contribution in [0.5, 0.6) is 0 Å². The molecule has 1 saturated heterocycles. The van der Waals surface area contributed by atoms with Crippen LogP contribution in [0.2, 0.25) is 0 Å². The number of fused-ring (bicyclic) bond motifs is 1. The summed E-state index contributed by atoms with van der Waals surface area (Å²) in [6.45, 7) is 3.92. The fourth-order valence-electron chi connectivity index (χ4n) is 3.41. The Kier molecular flexibility index (Phi) is 4.64. The van der Waals surface area contributed by atoms with Crippen LogP contribution in [0.15, 0.2) is 30.5 Å². The average Bonchev–Trinajstić information content (AvgIpc) is 2.91. The van der Waals surface area contributed by atoms with Crippen molar-refractivity contribution in [3.05, 3.63) is 36.0 Å². The van der Waals surface area contributed by atoms with Crippen molar-refractivity contribution in [2.45, 2.75) is 32.4 Å². The third-order valence-electron chi connectivity index (χ3n) is 4.45. The molecule has 1 aromatic heterocycles. The first kappa shape index (κ1) is 17.0. The Morgan fingerprint density at radius 2 is 2.08 bits per heavy atom. The van der Waals surface area contributed by atoms with E-state index in [0.29, 0.717) is 18.7 Å². The summed E-state index contributed by atoms with van der Waals surface area (Å²) in [5, 5.41) is 0.947. The van der Waals surface area contributed by atoms with Crippen molar-refractivity contribution in [3.8, 4) is 0 Å². The Hall–Kier alpha value is -1.86. The molecule has 0 aliphatic carbocycles. The number of rotatable bonds is 4. The maximum atomic E-state index is 13.0. The molecular weight excluding hydrogens is 326 g/mol. The van der Waals surface area contributed by atoms with Gasteiger partial charge in [0.1, 0.15) is 0 Å². The summed E-state index contributed by atoms with van der Waals surface area (Å²) in [4.78, 5) is 14.7. The van der Waals surface area contributed by atoms with Gasteiger partial charge in [0, 0.05) is 42.8 Å². The number of hydrogen-bond donors (Lipinski definition) is 1. The molecule has 1 atom stereocenters. The molecule has 1 aliphatic heterocycles. The predicted octanol–water partition coefficient (Wildman–Crippen LogP) is 1.81. The van der Waals surface area contributed by atoms with E-state index in [-0.39, 0.29) is 11.9 Å². The molecule has 1 N–H and O–H groups in total. The molecular formula is C17H23N3O3S. The number of carbonyl (C=O) groups excluding carboxylic acids is 1. The SMILES string of the molecule is CCn1cc(C(=O)N2CCC[C@@H](NS(C)(=O)=O)C2)c2ccccc21. The van der Waals surface area contributed by atoms with Gasteiger partial charge in [-0.05, 0) is 25.8 Å². The first-order valence-electron chi connectivity index (χ1n) is 8.23. The van der Waals surface area contributed by atoms with Crippen LogP contribution >= 0.6 is 0 Å². The Bertz CT molecular complexity index is 857. The van der Waals surface area contributed by atoms with E-state index >= 15 is 0 Å². The van der Waals surface area contributed by atoms with Crippen LogP contribution in [0.25, 0.3) is 10.9 Å². The summed E-state index contributed by atoms with van der Waals surface area (Å²) in [6.07, 6.45) is 4.61. The number of aryl methyl sites for hydroxylation is 1. The van der Waals surface area contributed by atoms with Crippen LogP contribution in [-0.2, 0) is 16.6 Å². The maximum Gasteiger partial charge on any atom is 0.256 e. The van der Waals surface area contributed by atoms with Crippen LogP contribution in [0.1, 0.15) is 30.1 Å². The summed E-state index contributed by atoms with van der Waals surface area (Å²) in [7, 11) is -3.26. The average molecular weight is 349 g/mol. The summed E-state index contributed by atoms with van der Waals surface area (Å²) in [5.74, 6) is -0.0293. The van der Waals surface area contributed by atoms with E-state index in [1.54, 1.807) is 4.90 Å². The Morgan fingerprint density at radius 3 is 2.79 bits per heavy atom. The van der Waals surface area contributed by atoms with Gasteiger partial charge >= 0.3 is 0 Å². The zero-order valence-corrected chi connectivity index (χ0v) is 14.8. The highest BCUT2D eigenvalue weighted by Crippen LogP contribution is 2.24. The van der Waals surface area contributed by atoms with Gasteiger partial charge < -0.3 is 9.47 Å². The molecule has 6 nitrogen and oxygen atoms in total. The monoisotopic (exact) mass is 349 g/mol. The molecule has 0 saturated carbocycles. The first-order chi connectivity index (χ1) is 11.4. The summed E-state index contributed by atoms with van der Waals surface area (Å²) < 4.78 is 27.6. The smallest absolute Gasteiger partial charge is 0.256 e. The number of nitrogens with one attached hydrogen (secondary N) is 1. The second-order valence-corrected chi connectivity index (χ2v) is 8.11. The second-order valence-electron chi connectivity index (χ2n) is 6.33. The van der Waals surface area contributed by atoms with Gasteiger partial charge in [-0.15, -0.1) is 0 Å². The minimum atomic E-state index is -3.26. The van der Waals surface area contributed by atoms with E-state index in [9.17, 15) is 13.2 Å². The van der Waals surface area contributed by atoms with Gasteiger partial charge in [0.25, 0.3) is 5.91 Å². The van der Waals surface area contributed by atoms with Crippen LogP contribution in [0.3, 0.4) is 0 Å². The van der Waals surface area contributed by atoms with Crippen molar-refractivity contribution in [2.24, 2.45) is 0 Å². The van der Waals surface area contributed by atoms with Crippen LogP contribution < -0.4 is 4.72 Å². The van der Waals surface area contributed by atoms with E-state index in [4.69, 9.17) is 0 Å². The molecule has 0 bridgehead atoms. The molecule has 2 heterocycles. The number of nitrogens with zero attached hydrogens (tertiary/aromatic N) is 2. The molecule has 0 radical (unpaired) electrons. The van der Waals surface area contributed by atoms with Crippen LogP contribution in [0.4, 0.5) is 0 Å². The van der Waals surface area contributed by atoms with Crippen molar-refractivity contribution in [1.82, 2.24) is 14.2 Å². The molecule has 1 fully saturated rings. The molecule has 24 heavy (non-hydrogen) atoms. The molecule has 2 aromatic rings. The third-order valence-corrected chi connectivity index (χ3v) is 5.21. The molecule has 1 aliphatic rings. The van der Waals surface area contributed by atoms with E-state index in [2.05, 4.69) is 9.29 Å². The normalized spacial score (nSPS) is 18.9. The van der Waals surface area contributed by atoms with Gasteiger partial charge in [0.15, 0.2) is 0 Å². The Labute approximate surface area is 142 Å². The predicted molar refractivity (Wildman–Crippen MR) is 94.5 cm³/mol. The standard InChI is InChI=1S/C17H23N3O3S/c1-3-19-12-15(14-8-4-5-9-16(14)19)17(21)20-10-6-7-13(11-20)18-24(2,22)23/h4-5,8-9,12-13,18H,3,6-7,10-11H2,1-2H3/t13-/m1/s1. The van der Waals surface area contributed by atoms with Crippen molar-refractivity contribution < 1.29 is 13.2 Å². The fourth-order valence-corrected chi connectivity index (χ4v) is 4.21. The van der Waals surface area contributed by atoms with Gasteiger partial charge in [-0.25, -0.2) is 13.1 Å². The van der Waals surface area contributed by atoms with E-state index < -0.39 is 10.0 Å². The highest BCUT2D eigenvalue weighted by atomic mass is 32.2. The fraction of sp³-hybridized carbons (Fsp3) is 0.471. The molecule has 7 heteroatoms. The Balaban J connectivity index is 1.86. The van der Waals surface area contributed by atoms with E-state index in [0.717, 1.165) is 36.5 Å². The van der Waals surface area contributed by atoms with Gasteiger partial charge in [-0.2, -0.15) is 0 Å². The van der Waals surface area contributed by atoms with Crippen LogP contribution in [-0.4, -0.2) is 49.2 Å². The Morgan fingerprint density at radius 1 is 1.33 bits per heavy atom. The zero-order valence-electron chi connectivity index (χ0n) is 14.0. The lowest BCUT2D eigenvalue weighted by Crippen LogP contribution is -2.49. The molecule has 3 rings (SSSR count). The molecule has 1 aromatic carbocycles. The topological polar surface area (TPSA) is 71.4 Å². The first-order valence-corrected chi connectivity index (χ1v) is 10.1. The van der Waals surface area contributed by atoms with Crippen molar-refractivity contribution in [3.63, 3.8) is 0 Å². The number of likely N-dealkylation sites (tertiary alicyclic amines) is 1. The lowest BCUT2D eigenvalue weighted by Gasteiger charge is -2.32. The minimum Gasteiger partial charge on any atom is -0.347 e. The van der Waals surface area contributed by atoms with Gasteiger partial charge in [-0.3, -0.25) is 4.79 Å². The largest absolute Gasteiger partial charge is 0.347 e. The summed E-state index contributed by atoms with van der Waals surface area (Å²) in [6, 6.07) is 7.67. The number of sulfonamides is 1. The summed E-state index contributed by atoms with van der Waals surface area (Å²) >= 11 is 0. The van der Waals surface area contributed by atoms with Crippen molar-refractivity contribution in [2.75, 3.05) is 19.3 Å². The van der Waals surface area contributed by atoms with Gasteiger partial charge in [0.2, 0.25) is 10.0 Å². The number of aromatic nitrogens is 1. The number of amides is 1. The van der Waals surface area contributed by atoms with Crippen molar-refractivity contribution in [1.29, 1.82) is 0 Å². The second kappa shape index (κ2) is 6.57. The number of carbonyl (C=O) groups is 1. The molecule has 0 unspecified atom stereocenters. The van der Waals surface area contributed by atoms with Crippen LogP contribution in [0, 0.1) is 0 Å². The van der Waals surface area contributed by atoms with E-state index in [1.807, 2.05) is 37.4 Å². The minimum absolute atomic E-state index is 0.0293. The highest BCUT2D eigenvalue weighted by Gasteiger charge is 2.27. The number of piperidine rings is 1. The number of benzene rings is 1. The maximum absolute atomic E-state index is 13.0. The summed E-state index contributed by atoms with van der Waals surface area (Å²) in [5.41, 5.74) is 1.73. The zero-order chi connectivity index (χ0) is 17.3. The lowest BCUT2D eigenvalue weighted by atomic mass is 10.1. The lowest BCUT2D eigenvalue weighted by molar-refractivity contribution is 0.0705. The van der Waals surface area contributed by atoms with Gasteiger partial charge in [-0.1, -0.05) is 18.2 Å². The highest BCUT2D eigenvalue weighted by molar-refractivity contribution is 7.88. The molecule has 130 valence electrons. The quantitative estimate of drug-likeness (QED) is 0.915. The van der Waals surface area contributed by atoms with Crippen molar-refractivity contribution >= 4 is 26.8 Å². The number of hydrogen-bond acceptors (Lipinski definition) is 3. The van der Waals surface area contributed by atoms with Gasteiger partial charge in [0.05, 0.1) is 11.8 Å². The number of para-hydroxylation sites is 1. The molecule has 1 amide bonds. The third kappa shape index (κ3) is 3.47. The molecule has 0 spiro atoms. The van der Waals surface area contributed by atoms with E-state index in [1.165, 1.54) is 0 Å².